The molecule has 4 N–H and O–H groups in total. The van der Waals surface area contributed by atoms with Gasteiger partial charge in [0.15, 0.2) is 37.9 Å². The van der Waals surface area contributed by atoms with Crippen molar-refractivity contribution in [3.63, 3.8) is 0 Å². The summed E-state index contributed by atoms with van der Waals surface area (Å²) in [5, 5.41) is 0. The molecule has 3 heterocycles. The average Bonchev–Trinajstić information content (AvgIpc) is 3.49. The first kappa shape index (κ1) is 36.9. The predicted octanol–water partition coefficient (Wildman–Crippen LogP) is -0.940. The molecule has 0 bridgehead atoms. The molecule has 244 valence electrons. The minimum Gasteiger partial charge on any atom is -1.00 e. The van der Waals surface area contributed by atoms with Gasteiger partial charge in [-0.05, 0) is 22.3 Å². The van der Waals surface area contributed by atoms with Crippen LogP contribution in [0, 0.1) is 0 Å². The Morgan fingerprint density at radius 2 is 0.830 bits per heavy atom. The first-order valence-electron chi connectivity index (χ1n) is 14.0. The molecule has 0 atom stereocenters. The lowest BCUT2D eigenvalue weighted by molar-refractivity contribution is -0.688. The quantitative estimate of drug-likeness (QED) is 0.102. The van der Waals surface area contributed by atoms with Gasteiger partial charge in [-0.2, -0.15) is 8.75 Å². The maximum absolute atomic E-state index is 11.3. The standard InChI is InChI=1S/C32H28N4O6P2S.2BrH/c37-43(38,39)21-25-5-1-23(2-6-25)19-35-15-11-27(12-16-35)29-9-10-30(32-31(29)33-45-34-32)28-13-17-36(18-14-28)20-24-3-7-26(8-4-24)22-44(40,41)42;;/h1-18H,19-22H2,(H2-2,37,38,39,40,41,42);2*1H. The van der Waals surface area contributed by atoms with E-state index in [9.17, 15) is 28.7 Å². The summed E-state index contributed by atoms with van der Waals surface area (Å²) in [7, 11) is -8.18. The zero-order valence-electron chi connectivity index (χ0n) is 24.7. The monoisotopic (exact) mass is 818 g/mol. The van der Waals surface area contributed by atoms with Gasteiger partial charge in [-0.3, -0.25) is 9.13 Å². The van der Waals surface area contributed by atoms with E-state index in [0.29, 0.717) is 24.2 Å². The number of nitrogens with zero attached hydrogens (tertiary/aromatic N) is 4. The number of rotatable bonds is 10. The van der Waals surface area contributed by atoms with Crippen LogP contribution in [0.25, 0.3) is 33.3 Å². The number of hydrogen-bond donors (Lipinski definition) is 4. The highest BCUT2D eigenvalue weighted by atomic mass is 79.9. The van der Waals surface area contributed by atoms with E-state index in [1.807, 2.05) is 82.5 Å². The van der Waals surface area contributed by atoms with Crippen molar-refractivity contribution in [2.75, 3.05) is 0 Å². The van der Waals surface area contributed by atoms with Crippen LogP contribution < -0.4 is 43.1 Å². The van der Waals surface area contributed by atoms with E-state index in [0.717, 1.165) is 44.4 Å². The van der Waals surface area contributed by atoms with Crippen molar-refractivity contribution in [2.45, 2.75) is 25.4 Å². The second kappa shape index (κ2) is 15.5. The Balaban J connectivity index is 0.00000250. The SMILES string of the molecule is O=P(O)(O)Cc1ccc(C[n+]2ccc(-c3ccc(-c4cc[n+](Cc5ccc(CP(=O)(O)O)cc5)cc4)c4nsnc34)cc2)cc1.[Br-].[Br-]. The Bertz CT molecular complexity index is 1910. The van der Waals surface area contributed by atoms with E-state index >= 15 is 0 Å². The third kappa shape index (κ3) is 9.79. The molecule has 0 saturated heterocycles. The lowest BCUT2D eigenvalue weighted by Crippen LogP contribution is -3.00. The molecule has 0 radical (unpaired) electrons. The highest BCUT2D eigenvalue weighted by molar-refractivity contribution is 7.51. The van der Waals surface area contributed by atoms with Gasteiger partial charge in [0.25, 0.3) is 0 Å². The predicted molar refractivity (Wildman–Crippen MR) is 171 cm³/mol. The van der Waals surface area contributed by atoms with Gasteiger partial charge in [0, 0.05) is 46.5 Å². The normalized spacial score (nSPS) is 11.6. The number of fused-ring (bicyclic) bond motifs is 1. The van der Waals surface area contributed by atoms with E-state index < -0.39 is 15.2 Å². The number of benzene rings is 3. The molecule has 3 aromatic heterocycles. The van der Waals surface area contributed by atoms with Gasteiger partial charge in [0.05, 0.1) is 24.1 Å². The van der Waals surface area contributed by atoms with Crippen LogP contribution in [-0.4, -0.2) is 28.3 Å². The van der Waals surface area contributed by atoms with E-state index in [2.05, 4.69) is 20.9 Å². The molecule has 0 unspecified atom stereocenters. The summed E-state index contributed by atoms with van der Waals surface area (Å²) in [6, 6.07) is 26.8. The summed E-state index contributed by atoms with van der Waals surface area (Å²) in [6.07, 6.45) is 7.47. The molecule has 6 rings (SSSR count). The summed E-state index contributed by atoms with van der Waals surface area (Å²) >= 11 is 1.18. The first-order chi connectivity index (χ1) is 21.5. The summed E-state index contributed by atoms with van der Waals surface area (Å²) in [6.45, 7) is 1.25. The second-order valence-electron chi connectivity index (χ2n) is 10.9. The van der Waals surface area contributed by atoms with Crippen LogP contribution in [0.3, 0.4) is 0 Å². The molecule has 0 aliphatic heterocycles. The zero-order chi connectivity index (χ0) is 31.6. The lowest BCUT2D eigenvalue weighted by Gasteiger charge is -2.07. The summed E-state index contributed by atoms with van der Waals surface area (Å²) in [5.41, 5.74) is 8.96. The Kier molecular flexibility index (Phi) is 12.2. The second-order valence-corrected chi connectivity index (χ2v) is 14.7. The zero-order valence-corrected chi connectivity index (χ0v) is 30.5. The first-order valence-corrected chi connectivity index (χ1v) is 18.3. The van der Waals surface area contributed by atoms with Crippen LogP contribution in [0.5, 0.6) is 0 Å². The minimum absolute atomic E-state index is 0. The van der Waals surface area contributed by atoms with Crippen molar-refractivity contribution < 1.29 is 71.8 Å². The van der Waals surface area contributed by atoms with Crippen LogP contribution in [0.2, 0.25) is 0 Å². The Morgan fingerprint density at radius 3 is 1.15 bits per heavy atom. The molecule has 0 fully saturated rings. The van der Waals surface area contributed by atoms with Gasteiger partial charge in [0.1, 0.15) is 11.0 Å². The molecular formula is C32H30Br2N4O6P2S. The molecule has 0 amide bonds. The molecule has 15 heteroatoms. The van der Waals surface area contributed by atoms with Crippen molar-refractivity contribution >= 4 is 38.0 Å². The molecular weight excluding hydrogens is 790 g/mol. The summed E-state index contributed by atoms with van der Waals surface area (Å²) in [5.74, 6) is 0. The van der Waals surface area contributed by atoms with E-state index in [-0.39, 0.29) is 46.3 Å². The van der Waals surface area contributed by atoms with Gasteiger partial charge in [-0.25, -0.2) is 9.13 Å². The Labute approximate surface area is 296 Å². The van der Waals surface area contributed by atoms with Gasteiger partial charge >= 0.3 is 15.2 Å². The molecule has 47 heavy (non-hydrogen) atoms. The molecule has 10 nitrogen and oxygen atoms in total. The number of hydrogen-bond acceptors (Lipinski definition) is 5. The molecule has 0 saturated carbocycles. The number of halogens is 2. The number of aromatic nitrogens is 4. The third-order valence-electron chi connectivity index (χ3n) is 7.37. The topological polar surface area (TPSA) is 149 Å². The molecule has 0 spiro atoms. The average molecular weight is 820 g/mol. The smallest absolute Gasteiger partial charge is 0.329 e. The molecule has 6 aromatic rings. The fourth-order valence-electron chi connectivity index (χ4n) is 5.21. The van der Waals surface area contributed by atoms with Gasteiger partial charge in [0.2, 0.25) is 0 Å². The molecule has 0 aliphatic carbocycles. The highest BCUT2D eigenvalue weighted by Gasteiger charge is 2.17. The van der Waals surface area contributed by atoms with E-state index in [1.165, 1.54) is 11.7 Å². The van der Waals surface area contributed by atoms with Crippen molar-refractivity contribution in [1.82, 2.24) is 8.75 Å². The van der Waals surface area contributed by atoms with Crippen LogP contribution in [-0.2, 0) is 34.5 Å². The van der Waals surface area contributed by atoms with Crippen LogP contribution >= 0.6 is 26.9 Å². The fourth-order valence-corrected chi connectivity index (χ4v) is 7.16. The summed E-state index contributed by atoms with van der Waals surface area (Å²) < 4.78 is 35.8. The van der Waals surface area contributed by atoms with Gasteiger partial charge in [-0.1, -0.05) is 60.7 Å². The van der Waals surface area contributed by atoms with Crippen molar-refractivity contribution in [3.8, 4) is 22.3 Å². The lowest BCUT2D eigenvalue weighted by atomic mass is 9.99. The van der Waals surface area contributed by atoms with E-state index in [4.69, 9.17) is 0 Å². The van der Waals surface area contributed by atoms with Crippen molar-refractivity contribution in [3.05, 3.63) is 132 Å². The van der Waals surface area contributed by atoms with Crippen LogP contribution in [0.4, 0.5) is 0 Å². The maximum Gasteiger partial charge on any atom is 0.329 e. The minimum atomic E-state index is -4.09. The number of pyridine rings is 2. The Morgan fingerprint density at radius 1 is 0.511 bits per heavy atom. The maximum atomic E-state index is 11.3. The molecule has 3 aromatic carbocycles. The fraction of sp³-hybridized carbons (Fsp3) is 0.125. The third-order valence-corrected chi connectivity index (χ3v) is 9.46. The van der Waals surface area contributed by atoms with Crippen molar-refractivity contribution in [1.29, 1.82) is 0 Å². The van der Waals surface area contributed by atoms with Crippen LogP contribution in [0.1, 0.15) is 22.3 Å². The largest absolute Gasteiger partial charge is 1.00 e. The van der Waals surface area contributed by atoms with Gasteiger partial charge in [-0.15, -0.1) is 0 Å². The van der Waals surface area contributed by atoms with Crippen LogP contribution in [0.15, 0.2) is 110 Å². The van der Waals surface area contributed by atoms with Crippen molar-refractivity contribution in [2.24, 2.45) is 0 Å². The Hall–Kier alpha value is -2.96. The van der Waals surface area contributed by atoms with E-state index in [1.54, 1.807) is 24.3 Å². The summed E-state index contributed by atoms with van der Waals surface area (Å²) in [4.78, 5) is 36.8. The molecule has 0 aliphatic rings. The van der Waals surface area contributed by atoms with Gasteiger partial charge < -0.3 is 53.5 Å². The highest BCUT2D eigenvalue weighted by Crippen LogP contribution is 2.40.